The third kappa shape index (κ3) is 6.23. The van der Waals surface area contributed by atoms with Crippen LogP contribution in [-0.2, 0) is 11.2 Å². The maximum atomic E-state index is 12.0. The van der Waals surface area contributed by atoms with Crippen molar-refractivity contribution in [3.63, 3.8) is 0 Å². The van der Waals surface area contributed by atoms with E-state index in [1.54, 1.807) is 0 Å². The number of benzene rings is 1. The van der Waals surface area contributed by atoms with Crippen LogP contribution in [0.3, 0.4) is 0 Å². The molecule has 3 N–H and O–H groups in total. The van der Waals surface area contributed by atoms with Gasteiger partial charge in [-0.25, -0.2) is 0 Å². The van der Waals surface area contributed by atoms with Gasteiger partial charge in [-0.3, -0.25) is 14.7 Å². The molecule has 7 heteroatoms. The average Bonchev–Trinajstić information content (AvgIpc) is 3.13. The fourth-order valence-electron chi connectivity index (χ4n) is 3.91. The zero-order chi connectivity index (χ0) is 21.3. The van der Waals surface area contributed by atoms with Crippen molar-refractivity contribution in [1.82, 2.24) is 25.4 Å². The molecule has 164 valence electrons. The summed E-state index contributed by atoms with van der Waals surface area (Å²) in [5.41, 5.74) is 2.56. The molecule has 1 aliphatic heterocycles. The number of para-hydroxylation sites is 1. The molecule has 0 radical (unpaired) electrons. The first kappa shape index (κ1) is 22.2. The van der Waals surface area contributed by atoms with E-state index >= 15 is 0 Å². The number of hydrogen-bond acceptors (Lipinski definition) is 3. The predicted octanol–water partition coefficient (Wildman–Crippen LogP) is 2.21. The highest BCUT2D eigenvalue weighted by Gasteiger charge is 2.21. The Balaban J connectivity index is 1.47. The Bertz CT molecular complexity index is 835. The number of piperazine rings is 1. The third-order valence-corrected chi connectivity index (χ3v) is 5.36. The quantitative estimate of drug-likeness (QED) is 0.353. The Labute approximate surface area is 179 Å². The fourth-order valence-corrected chi connectivity index (χ4v) is 3.91. The lowest BCUT2D eigenvalue weighted by molar-refractivity contribution is -0.123. The number of hydrogen-bond donors (Lipinski definition) is 3. The van der Waals surface area contributed by atoms with Crippen LogP contribution < -0.4 is 10.6 Å². The van der Waals surface area contributed by atoms with E-state index in [0.717, 1.165) is 58.1 Å². The standard InChI is InChI=1S/C23H36N6O/c1-4-24-23(29-14-12-28(13-15-29)17-22(30)27-18(2)3)25-11-7-8-19-16-26-21-10-6-5-9-20(19)21/h5-6,9-10,16,18,26H,4,7-8,11-15,17H2,1-3H3,(H,24,25)(H,27,30). The minimum atomic E-state index is 0.108. The summed E-state index contributed by atoms with van der Waals surface area (Å²) in [6.45, 7) is 11.8. The smallest absolute Gasteiger partial charge is 0.234 e. The SMILES string of the molecule is CCNC(=NCCCc1c[nH]c2ccccc12)N1CCN(CC(=O)NC(C)C)CC1. The van der Waals surface area contributed by atoms with E-state index in [-0.39, 0.29) is 11.9 Å². The van der Waals surface area contributed by atoms with E-state index < -0.39 is 0 Å². The maximum absolute atomic E-state index is 12.0. The lowest BCUT2D eigenvalue weighted by Crippen LogP contribution is -2.54. The zero-order valence-corrected chi connectivity index (χ0v) is 18.6. The van der Waals surface area contributed by atoms with Crippen molar-refractivity contribution in [2.24, 2.45) is 4.99 Å². The number of guanidine groups is 1. The van der Waals surface area contributed by atoms with Crippen molar-refractivity contribution in [2.75, 3.05) is 45.8 Å². The molecule has 1 amide bonds. The summed E-state index contributed by atoms with van der Waals surface area (Å²) in [7, 11) is 0. The number of nitrogens with zero attached hydrogens (tertiary/aromatic N) is 3. The Kier molecular flexibility index (Phi) is 8.13. The number of aromatic nitrogens is 1. The van der Waals surface area contributed by atoms with E-state index in [1.165, 1.54) is 16.5 Å². The second-order valence-corrected chi connectivity index (χ2v) is 8.18. The predicted molar refractivity (Wildman–Crippen MR) is 124 cm³/mol. The lowest BCUT2D eigenvalue weighted by Gasteiger charge is -2.36. The molecular weight excluding hydrogens is 376 g/mol. The van der Waals surface area contributed by atoms with Gasteiger partial charge in [-0.1, -0.05) is 18.2 Å². The van der Waals surface area contributed by atoms with Crippen molar-refractivity contribution in [3.05, 3.63) is 36.0 Å². The summed E-state index contributed by atoms with van der Waals surface area (Å²) in [6, 6.07) is 8.64. The highest BCUT2D eigenvalue weighted by molar-refractivity contribution is 5.83. The Morgan fingerprint density at radius 2 is 1.97 bits per heavy atom. The molecule has 1 saturated heterocycles. The van der Waals surface area contributed by atoms with E-state index in [1.807, 2.05) is 13.8 Å². The Hall–Kier alpha value is -2.54. The van der Waals surface area contributed by atoms with Crippen LogP contribution in [0.25, 0.3) is 10.9 Å². The summed E-state index contributed by atoms with van der Waals surface area (Å²) in [5, 5.41) is 7.71. The molecule has 1 fully saturated rings. The van der Waals surface area contributed by atoms with Gasteiger partial charge in [0, 0.05) is 62.4 Å². The summed E-state index contributed by atoms with van der Waals surface area (Å²) in [5.74, 6) is 1.10. The van der Waals surface area contributed by atoms with E-state index in [4.69, 9.17) is 4.99 Å². The molecule has 3 rings (SSSR count). The van der Waals surface area contributed by atoms with Crippen LogP contribution in [0.4, 0.5) is 0 Å². The van der Waals surface area contributed by atoms with Gasteiger partial charge in [0.05, 0.1) is 6.54 Å². The molecule has 1 aliphatic rings. The van der Waals surface area contributed by atoms with Crippen LogP contribution in [-0.4, -0.2) is 78.5 Å². The maximum Gasteiger partial charge on any atom is 0.234 e. The number of fused-ring (bicyclic) bond motifs is 1. The van der Waals surface area contributed by atoms with Gasteiger partial charge in [-0.2, -0.15) is 0 Å². The number of aliphatic imine (C=N–C) groups is 1. The van der Waals surface area contributed by atoms with Crippen LogP contribution in [0.15, 0.2) is 35.5 Å². The molecule has 30 heavy (non-hydrogen) atoms. The van der Waals surface area contributed by atoms with Crippen LogP contribution in [0.1, 0.15) is 32.8 Å². The second-order valence-electron chi connectivity index (χ2n) is 8.18. The molecule has 1 aromatic carbocycles. The van der Waals surface area contributed by atoms with Crippen LogP contribution in [0, 0.1) is 0 Å². The monoisotopic (exact) mass is 412 g/mol. The Morgan fingerprint density at radius 1 is 1.20 bits per heavy atom. The number of aromatic amines is 1. The molecule has 7 nitrogen and oxygen atoms in total. The molecular formula is C23H36N6O. The molecule has 0 spiro atoms. The molecule has 0 aliphatic carbocycles. The first-order valence-electron chi connectivity index (χ1n) is 11.2. The molecule has 1 aromatic heterocycles. The third-order valence-electron chi connectivity index (χ3n) is 5.36. The van der Waals surface area contributed by atoms with Crippen LogP contribution in [0.5, 0.6) is 0 Å². The van der Waals surface area contributed by atoms with Crippen molar-refractivity contribution in [1.29, 1.82) is 0 Å². The molecule has 2 heterocycles. The van der Waals surface area contributed by atoms with Gasteiger partial charge in [-0.05, 0) is 45.2 Å². The molecule has 0 saturated carbocycles. The molecule has 0 bridgehead atoms. The second kappa shape index (κ2) is 11.0. The number of aryl methyl sites for hydroxylation is 1. The summed E-state index contributed by atoms with van der Waals surface area (Å²) in [6.07, 6.45) is 4.16. The van der Waals surface area contributed by atoms with Gasteiger partial charge in [0.2, 0.25) is 5.91 Å². The number of carbonyl (C=O) groups excluding carboxylic acids is 1. The van der Waals surface area contributed by atoms with Crippen molar-refractivity contribution < 1.29 is 4.79 Å². The van der Waals surface area contributed by atoms with Crippen molar-refractivity contribution >= 4 is 22.8 Å². The number of rotatable bonds is 8. The van der Waals surface area contributed by atoms with Crippen LogP contribution in [0.2, 0.25) is 0 Å². The minimum absolute atomic E-state index is 0.108. The van der Waals surface area contributed by atoms with Gasteiger partial charge in [0.25, 0.3) is 0 Å². The average molecular weight is 413 g/mol. The van der Waals surface area contributed by atoms with E-state index in [0.29, 0.717) is 6.54 Å². The number of H-pyrrole nitrogens is 1. The van der Waals surface area contributed by atoms with Gasteiger partial charge < -0.3 is 20.5 Å². The van der Waals surface area contributed by atoms with E-state index in [2.05, 4.69) is 62.8 Å². The zero-order valence-electron chi connectivity index (χ0n) is 18.6. The number of amides is 1. The summed E-state index contributed by atoms with van der Waals surface area (Å²) < 4.78 is 0. The van der Waals surface area contributed by atoms with E-state index in [9.17, 15) is 4.79 Å². The highest BCUT2D eigenvalue weighted by atomic mass is 16.2. The minimum Gasteiger partial charge on any atom is -0.361 e. The lowest BCUT2D eigenvalue weighted by atomic mass is 10.1. The first-order valence-corrected chi connectivity index (χ1v) is 11.2. The highest BCUT2D eigenvalue weighted by Crippen LogP contribution is 2.18. The van der Waals surface area contributed by atoms with Crippen LogP contribution >= 0.6 is 0 Å². The Morgan fingerprint density at radius 3 is 2.70 bits per heavy atom. The van der Waals surface area contributed by atoms with Crippen molar-refractivity contribution in [2.45, 2.75) is 39.7 Å². The van der Waals surface area contributed by atoms with Gasteiger partial charge >= 0.3 is 0 Å². The molecule has 0 unspecified atom stereocenters. The van der Waals surface area contributed by atoms with Gasteiger partial charge in [0.1, 0.15) is 0 Å². The summed E-state index contributed by atoms with van der Waals surface area (Å²) >= 11 is 0. The fraction of sp³-hybridized carbons (Fsp3) is 0.565. The first-order chi connectivity index (χ1) is 14.6. The van der Waals surface area contributed by atoms with Crippen molar-refractivity contribution in [3.8, 4) is 0 Å². The molecule has 2 aromatic rings. The normalized spacial score (nSPS) is 15.7. The van der Waals surface area contributed by atoms with Gasteiger partial charge in [-0.15, -0.1) is 0 Å². The topological polar surface area (TPSA) is 75.8 Å². The van der Waals surface area contributed by atoms with Gasteiger partial charge in [0.15, 0.2) is 5.96 Å². The largest absolute Gasteiger partial charge is 0.361 e. The number of carbonyl (C=O) groups is 1. The molecule has 0 atom stereocenters. The summed E-state index contributed by atoms with van der Waals surface area (Å²) in [4.78, 5) is 24.7. The number of nitrogens with one attached hydrogen (secondary N) is 3.